The van der Waals surface area contributed by atoms with Crippen molar-refractivity contribution >= 4 is 49.8 Å². The predicted molar refractivity (Wildman–Crippen MR) is 243 cm³/mol. The van der Waals surface area contributed by atoms with Crippen molar-refractivity contribution in [2.45, 2.75) is 143 Å². The molecule has 0 saturated heterocycles. The number of phenolic OH excluding ortho intramolecular Hbond substituents is 2. The van der Waals surface area contributed by atoms with E-state index in [0.29, 0.717) is 11.1 Å². The molecule has 2 N–H and O–H groups in total. The van der Waals surface area contributed by atoms with Crippen LogP contribution < -0.4 is 30.0 Å². The molecular formula is C45H68BrF3MgO7SSi2. The topological polar surface area (TPSA) is 102 Å². The Morgan fingerprint density at radius 2 is 1.17 bits per heavy atom. The van der Waals surface area contributed by atoms with E-state index in [2.05, 4.69) is 50.3 Å². The molecule has 0 aromatic heterocycles. The SMILES string of the molecule is C=C(C)[C@H]1CCC(C)=C[C@@H]1c1c(O)cc(CCC)cc1O.C=C(C)[C@H]1CCC(C)=C[C@@H]1c1c(O[Si](C)(C)C)cc(OS(=O)(=O)C(F)(F)F)cc1O[Si](C)(C)C.[Br-].[CH2-]CC.[Mg+2]. The van der Waals surface area contributed by atoms with Gasteiger partial charge in [0.25, 0.3) is 0 Å². The Labute approximate surface area is 388 Å². The van der Waals surface area contributed by atoms with Crippen LogP contribution in [0.2, 0.25) is 39.3 Å². The van der Waals surface area contributed by atoms with Crippen LogP contribution in [0.15, 0.2) is 71.9 Å². The van der Waals surface area contributed by atoms with Gasteiger partial charge in [-0.15, -0.1) is 0 Å². The molecule has 0 aliphatic heterocycles. The van der Waals surface area contributed by atoms with E-state index in [-0.39, 0.29) is 86.7 Å². The Morgan fingerprint density at radius 1 is 0.800 bits per heavy atom. The summed E-state index contributed by atoms with van der Waals surface area (Å²) in [4.78, 5) is 0. The Bertz CT molecular complexity index is 1880. The molecule has 2 aliphatic carbocycles. The summed E-state index contributed by atoms with van der Waals surface area (Å²) in [7, 11) is -10.4. The van der Waals surface area contributed by atoms with Gasteiger partial charge in [0.05, 0.1) is 0 Å². The zero-order chi connectivity index (χ0) is 44.6. The second-order valence-electron chi connectivity index (χ2n) is 17.6. The average molecular weight is 970 g/mol. The third kappa shape index (κ3) is 17.2. The van der Waals surface area contributed by atoms with Crippen LogP contribution in [0.5, 0.6) is 28.7 Å². The third-order valence-electron chi connectivity index (χ3n) is 9.56. The van der Waals surface area contributed by atoms with Crippen molar-refractivity contribution in [1.82, 2.24) is 0 Å². The maximum Gasteiger partial charge on any atom is 2.00 e. The van der Waals surface area contributed by atoms with Gasteiger partial charge in [-0.05, 0) is 129 Å². The van der Waals surface area contributed by atoms with Crippen LogP contribution in [0.4, 0.5) is 13.2 Å². The van der Waals surface area contributed by atoms with Crippen molar-refractivity contribution in [2.75, 3.05) is 0 Å². The summed E-state index contributed by atoms with van der Waals surface area (Å²) in [5.41, 5.74) is 1.36. The standard InChI is InChI=1S/C23H35F3O5SSi2.C19H26O2.C3H7.BrH.Mg/c1-15(2)18-11-10-16(3)12-19(18)22-20(30-33(4,5)6)13-17(14-21(22)31-34(7,8)9)29-32(27,28)23(24,25)26;1-5-6-14-10-17(20)19(18(21)11-14)16-9-13(4)7-8-15(16)12(2)3;1-3-2;;/h12-14,18-19H,1,10-11H2,2-9H3;9-11,15-16,20-21H,2,5-8H2,1,3-4H3;1,3H2,2H3;1H;/q;;-1;;+2/p-1/t18-,19+;15-,16+;;;/m11.../s1. The first-order valence-electron chi connectivity index (χ1n) is 20.1. The molecule has 4 rings (SSSR count). The number of benzene rings is 2. The van der Waals surface area contributed by atoms with Crippen molar-refractivity contribution in [3.63, 3.8) is 0 Å². The summed E-state index contributed by atoms with van der Waals surface area (Å²) in [6.45, 7) is 35.6. The van der Waals surface area contributed by atoms with Crippen LogP contribution in [-0.2, 0) is 16.5 Å². The molecule has 15 heteroatoms. The van der Waals surface area contributed by atoms with E-state index >= 15 is 0 Å². The zero-order valence-corrected chi connectivity index (χ0v) is 43.7. The van der Waals surface area contributed by atoms with Gasteiger partial charge in [0.1, 0.15) is 28.7 Å². The average Bonchev–Trinajstić information content (AvgIpc) is 3.03. The van der Waals surface area contributed by atoms with E-state index < -0.39 is 38.0 Å². The molecule has 2 aromatic carbocycles. The quantitative estimate of drug-likeness (QED) is 0.0718. The minimum Gasteiger partial charge on any atom is -1.00 e. The molecule has 0 amide bonds. The minimum atomic E-state index is -5.86. The molecule has 0 fully saturated rings. The number of aromatic hydroxyl groups is 2. The van der Waals surface area contributed by atoms with Crippen LogP contribution in [0.1, 0.15) is 109 Å². The van der Waals surface area contributed by atoms with Gasteiger partial charge in [0, 0.05) is 35.1 Å². The summed E-state index contributed by atoms with van der Waals surface area (Å²) < 4.78 is 79.7. The van der Waals surface area contributed by atoms with E-state index in [1.807, 2.05) is 67.0 Å². The zero-order valence-electron chi connectivity index (χ0n) is 37.9. The second-order valence-corrected chi connectivity index (χ2v) is 28.0. The molecule has 0 heterocycles. The Kier molecular flexibility index (Phi) is 23.2. The van der Waals surface area contributed by atoms with Gasteiger partial charge in [-0.1, -0.05) is 67.9 Å². The number of rotatable bonds is 12. The van der Waals surface area contributed by atoms with Crippen molar-refractivity contribution in [2.24, 2.45) is 11.8 Å². The van der Waals surface area contributed by atoms with Gasteiger partial charge in [-0.3, -0.25) is 0 Å². The van der Waals surface area contributed by atoms with E-state index in [1.165, 1.54) is 23.3 Å². The number of phenols is 2. The molecule has 4 atom stereocenters. The molecular weight excluding hydrogens is 902 g/mol. The van der Waals surface area contributed by atoms with Gasteiger partial charge in [-0.2, -0.15) is 28.0 Å². The van der Waals surface area contributed by atoms with Crippen LogP contribution >= 0.6 is 0 Å². The Balaban J connectivity index is 0.00000115. The molecule has 60 heavy (non-hydrogen) atoms. The number of hydrogen-bond acceptors (Lipinski definition) is 7. The molecule has 0 saturated carbocycles. The van der Waals surface area contributed by atoms with Crippen LogP contribution in [-0.4, -0.2) is 63.8 Å². The number of hydrogen-bond donors (Lipinski definition) is 2. The van der Waals surface area contributed by atoms with Gasteiger partial charge in [-0.25, -0.2) is 0 Å². The van der Waals surface area contributed by atoms with E-state index in [0.717, 1.165) is 61.7 Å². The first-order chi connectivity index (χ1) is 26.5. The fourth-order valence-electron chi connectivity index (χ4n) is 7.22. The number of aryl methyl sites for hydroxylation is 1. The second kappa shape index (κ2) is 24.0. The summed E-state index contributed by atoms with van der Waals surface area (Å²) in [5, 5.41) is 20.8. The van der Waals surface area contributed by atoms with Gasteiger partial charge < -0.3 is 47.2 Å². The molecule has 2 aromatic rings. The molecule has 7 nitrogen and oxygen atoms in total. The summed E-state index contributed by atoms with van der Waals surface area (Å²) in [5.74, 6) is 0.676. The van der Waals surface area contributed by atoms with Crippen LogP contribution in [0.25, 0.3) is 0 Å². The molecule has 0 unspecified atom stereocenters. The summed E-state index contributed by atoms with van der Waals surface area (Å²) >= 11 is 0. The fraction of sp³-hybridized carbons (Fsp3) is 0.533. The Hall–Kier alpha value is -2.18. The number of halogens is 4. The first kappa shape index (κ1) is 57.8. The normalized spacial score (nSPS) is 19.3. The minimum absolute atomic E-state index is 0. The smallest absolute Gasteiger partial charge is 1.00 e. The molecule has 0 radical (unpaired) electrons. The van der Waals surface area contributed by atoms with E-state index in [9.17, 15) is 31.8 Å². The number of allylic oxidation sites excluding steroid dienone is 6. The first-order valence-corrected chi connectivity index (χ1v) is 28.3. The monoisotopic (exact) mass is 968 g/mol. The maximum atomic E-state index is 13.0. The van der Waals surface area contributed by atoms with Crippen molar-refractivity contribution in [3.8, 4) is 28.7 Å². The van der Waals surface area contributed by atoms with Crippen LogP contribution in [0.3, 0.4) is 0 Å². The van der Waals surface area contributed by atoms with E-state index in [1.54, 1.807) is 12.1 Å². The van der Waals surface area contributed by atoms with Gasteiger partial charge in [0.15, 0.2) is 0 Å². The van der Waals surface area contributed by atoms with Crippen molar-refractivity contribution in [1.29, 1.82) is 0 Å². The van der Waals surface area contributed by atoms with Crippen molar-refractivity contribution in [3.05, 3.63) is 95.5 Å². The molecule has 2 aliphatic rings. The molecule has 0 bridgehead atoms. The maximum absolute atomic E-state index is 13.0. The van der Waals surface area contributed by atoms with Crippen LogP contribution in [0, 0.1) is 18.8 Å². The van der Waals surface area contributed by atoms with Crippen molar-refractivity contribution < 1.29 is 61.8 Å². The Morgan fingerprint density at radius 3 is 1.48 bits per heavy atom. The van der Waals surface area contributed by atoms with Gasteiger partial charge >= 0.3 is 38.7 Å². The van der Waals surface area contributed by atoms with E-state index in [4.69, 9.17) is 8.85 Å². The largest absolute Gasteiger partial charge is 2.00 e. The molecule has 0 spiro atoms. The summed E-state index contributed by atoms with van der Waals surface area (Å²) in [6.07, 6.45) is 11.0. The molecule has 334 valence electrons. The summed E-state index contributed by atoms with van der Waals surface area (Å²) in [6, 6.07) is 6.07. The predicted octanol–water partition coefficient (Wildman–Crippen LogP) is 10.3. The third-order valence-corrected chi connectivity index (χ3v) is 12.2. The number of alkyl halides is 3. The fourth-order valence-corrected chi connectivity index (χ4v) is 9.32. The van der Waals surface area contributed by atoms with Gasteiger partial charge in [0.2, 0.25) is 16.6 Å².